The van der Waals surface area contributed by atoms with Crippen LogP contribution < -0.4 is 16.0 Å². The molecule has 2 heterocycles. The van der Waals surface area contributed by atoms with Gasteiger partial charge in [0.1, 0.15) is 11.5 Å². The van der Waals surface area contributed by atoms with Crippen LogP contribution in [0.4, 0.5) is 17.5 Å². The highest BCUT2D eigenvalue weighted by Crippen LogP contribution is 2.28. The molecule has 0 radical (unpaired) electrons. The van der Waals surface area contributed by atoms with Gasteiger partial charge in [0.25, 0.3) is 5.91 Å². The molecule has 0 saturated heterocycles. The molecule has 1 amide bonds. The first-order chi connectivity index (χ1) is 13.1. The zero-order chi connectivity index (χ0) is 18.8. The Morgan fingerprint density at radius 1 is 1.15 bits per heavy atom. The molecule has 4 N–H and O–H groups in total. The average molecular weight is 364 g/mol. The van der Waals surface area contributed by atoms with Crippen LogP contribution in [0.2, 0.25) is 0 Å². The number of aromatic nitrogens is 3. The third kappa shape index (κ3) is 3.86. The van der Waals surface area contributed by atoms with Crippen molar-refractivity contribution in [1.29, 1.82) is 0 Å². The zero-order valence-corrected chi connectivity index (χ0v) is 15.5. The fourth-order valence-electron chi connectivity index (χ4n) is 3.03. The lowest BCUT2D eigenvalue weighted by molar-refractivity contribution is 0.0943. The number of amides is 1. The predicted molar refractivity (Wildman–Crippen MR) is 107 cm³/mol. The van der Waals surface area contributed by atoms with Crippen molar-refractivity contribution in [1.82, 2.24) is 20.3 Å². The normalized spacial score (nSPS) is 14.2. The Kier molecular flexibility index (Phi) is 4.66. The Labute approximate surface area is 158 Å². The summed E-state index contributed by atoms with van der Waals surface area (Å²) in [6.45, 7) is 3.88. The standard InChI is InChI=1S/C20H24N6O/c1-12(2)22-19(27)13-6-8-15(9-7-13)24-20-25-17-16(10-11-21-17)18(26-20)23-14-4-3-5-14/h6-12,14H,3-5H2,1-2H3,(H,22,27)(H3,21,23,24,25,26). The number of fused-ring (bicyclic) bond motifs is 1. The molecule has 7 nitrogen and oxygen atoms in total. The van der Waals surface area contributed by atoms with Crippen molar-refractivity contribution in [3.8, 4) is 0 Å². The number of hydrogen-bond acceptors (Lipinski definition) is 5. The minimum Gasteiger partial charge on any atom is -0.367 e. The first-order valence-electron chi connectivity index (χ1n) is 9.38. The van der Waals surface area contributed by atoms with Crippen molar-refractivity contribution >= 4 is 34.4 Å². The van der Waals surface area contributed by atoms with Gasteiger partial charge in [-0.05, 0) is 63.4 Å². The second-order valence-electron chi connectivity index (χ2n) is 7.24. The third-order valence-corrected chi connectivity index (χ3v) is 4.68. The van der Waals surface area contributed by atoms with Gasteiger partial charge in [-0.1, -0.05) is 0 Å². The minimum absolute atomic E-state index is 0.0763. The Bertz CT molecular complexity index is 943. The number of benzene rings is 1. The lowest BCUT2D eigenvalue weighted by atomic mass is 9.93. The number of nitrogens with zero attached hydrogens (tertiary/aromatic N) is 2. The van der Waals surface area contributed by atoms with E-state index in [1.54, 1.807) is 12.1 Å². The quantitative estimate of drug-likeness (QED) is 0.534. The average Bonchev–Trinajstić information content (AvgIpc) is 3.06. The Morgan fingerprint density at radius 3 is 2.59 bits per heavy atom. The molecule has 140 valence electrons. The summed E-state index contributed by atoms with van der Waals surface area (Å²) < 4.78 is 0. The Morgan fingerprint density at radius 2 is 1.93 bits per heavy atom. The molecule has 4 rings (SSSR count). The topological polar surface area (TPSA) is 94.7 Å². The number of aromatic amines is 1. The van der Waals surface area contributed by atoms with E-state index in [1.165, 1.54) is 19.3 Å². The smallest absolute Gasteiger partial charge is 0.251 e. The molecule has 7 heteroatoms. The molecule has 1 aliphatic carbocycles. The molecular weight excluding hydrogens is 340 g/mol. The van der Waals surface area contributed by atoms with E-state index in [9.17, 15) is 4.79 Å². The number of nitrogens with one attached hydrogen (secondary N) is 4. The lowest BCUT2D eigenvalue weighted by Crippen LogP contribution is -2.29. The lowest BCUT2D eigenvalue weighted by Gasteiger charge is -2.27. The molecule has 0 spiro atoms. The summed E-state index contributed by atoms with van der Waals surface area (Å²) in [6, 6.07) is 9.89. The van der Waals surface area contributed by atoms with Gasteiger partial charge in [0, 0.05) is 29.5 Å². The van der Waals surface area contributed by atoms with Gasteiger partial charge >= 0.3 is 0 Å². The van der Waals surface area contributed by atoms with Crippen LogP contribution in [0, 0.1) is 0 Å². The van der Waals surface area contributed by atoms with Crippen LogP contribution in [0.1, 0.15) is 43.5 Å². The van der Waals surface area contributed by atoms with Crippen LogP contribution in [0.5, 0.6) is 0 Å². The van der Waals surface area contributed by atoms with Gasteiger partial charge in [0.2, 0.25) is 5.95 Å². The maximum Gasteiger partial charge on any atom is 0.251 e. The van der Waals surface area contributed by atoms with Crippen LogP contribution in [0.15, 0.2) is 36.5 Å². The summed E-state index contributed by atoms with van der Waals surface area (Å²) in [4.78, 5) is 24.4. The Balaban J connectivity index is 1.53. The van der Waals surface area contributed by atoms with E-state index in [4.69, 9.17) is 0 Å². The number of carbonyl (C=O) groups is 1. The fourth-order valence-corrected chi connectivity index (χ4v) is 3.03. The number of carbonyl (C=O) groups excluding carboxylic acids is 1. The number of hydrogen-bond donors (Lipinski definition) is 4. The molecule has 1 aromatic carbocycles. The number of rotatable bonds is 6. The summed E-state index contributed by atoms with van der Waals surface area (Å²) >= 11 is 0. The maximum absolute atomic E-state index is 12.1. The van der Waals surface area contributed by atoms with E-state index in [-0.39, 0.29) is 11.9 Å². The zero-order valence-electron chi connectivity index (χ0n) is 15.5. The molecule has 0 atom stereocenters. The van der Waals surface area contributed by atoms with Crippen LogP contribution in [0.25, 0.3) is 11.0 Å². The molecule has 3 aromatic rings. The molecule has 0 bridgehead atoms. The molecule has 0 unspecified atom stereocenters. The molecule has 1 fully saturated rings. The van der Waals surface area contributed by atoms with E-state index >= 15 is 0 Å². The first-order valence-corrected chi connectivity index (χ1v) is 9.38. The molecule has 0 aliphatic heterocycles. The SMILES string of the molecule is CC(C)NC(=O)c1ccc(Nc2nc(NC3CCC3)c3cc[nH]c3n2)cc1. The summed E-state index contributed by atoms with van der Waals surface area (Å²) in [6.07, 6.45) is 5.50. The van der Waals surface area contributed by atoms with Gasteiger partial charge in [0.05, 0.1) is 5.39 Å². The number of H-pyrrole nitrogens is 1. The van der Waals surface area contributed by atoms with E-state index < -0.39 is 0 Å². The van der Waals surface area contributed by atoms with Gasteiger partial charge in [-0.15, -0.1) is 0 Å². The molecule has 2 aromatic heterocycles. The summed E-state index contributed by atoms with van der Waals surface area (Å²) in [5.41, 5.74) is 2.25. The number of anilines is 3. The Hall–Kier alpha value is -3.09. The molecule has 1 saturated carbocycles. The van der Waals surface area contributed by atoms with E-state index in [0.29, 0.717) is 17.6 Å². The van der Waals surface area contributed by atoms with Crippen molar-refractivity contribution in [3.05, 3.63) is 42.1 Å². The molecular formula is C20H24N6O. The van der Waals surface area contributed by atoms with Crippen molar-refractivity contribution < 1.29 is 4.79 Å². The second-order valence-corrected chi connectivity index (χ2v) is 7.24. The monoisotopic (exact) mass is 364 g/mol. The third-order valence-electron chi connectivity index (χ3n) is 4.68. The van der Waals surface area contributed by atoms with Gasteiger partial charge in [-0.3, -0.25) is 4.79 Å². The fraction of sp³-hybridized carbons (Fsp3) is 0.350. The van der Waals surface area contributed by atoms with E-state index in [0.717, 1.165) is 22.5 Å². The maximum atomic E-state index is 12.1. The van der Waals surface area contributed by atoms with Gasteiger partial charge < -0.3 is 20.9 Å². The van der Waals surface area contributed by atoms with Crippen LogP contribution in [-0.2, 0) is 0 Å². The van der Waals surface area contributed by atoms with Crippen LogP contribution in [0.3, 0.4) is 0 Å². The largest absolute Gasteiger partial charge is 0.367 e. The minimum atomic E-state index is -0.0763. The van der Waals surface area contributed by atoms with Crippen molar-refractivity contribution in [2.45, 2.75) is 45.2 Å². The molecule has 27 heavy (non-hydrogen) atoms. The highest BCUT2D eigenvalue weighted by atomic mass is 16.1. The van der Waals surface area contributed by atoms with Crippen molar-refractivity contribution in [2.75, 3.05) is 10.6 Å². The molecule has 1 aliphatic rings. The van der Waals surface area contributed by atoms with Crippen molar-refractivity contribution in [3.63, 3.8) is 0 Å². The predicted octanol–water partition coefficient (Wildman–Crippen LogP) is 3.80. The first kappa shape index (κ1) is 17.3. The van der Waals surface area contributed by atoms with Crippen LogP contribution in [-0.4, -0.2) is 32.9 Å². The van der Waals surface area contributed by atoms with Gasteiger partial charge in [0.15, 0.2) is 0 Å². The highest BCUT2D eigenvalue weighted by molar-refractivity contribution is 5.94. The van der Waals surface area contributed by atoms with Gasteiger partial charge in [-0.2, -0.15) is 9.97 Å². The van der Waals surface area contributed by atoms with E-state index in [1.807, 2.05) is 38.2 Å². The second kappa shape index (κ2) is 7.26. The highest BCUT2D eigenvalue weighted by Gasteiger charge is 2.19. The van der Waals surface area contributed by atoms with Crippen LogP contribution >= 0.6 is 0 Å². The van der Waals surface area contributed by atoms with Crippen molar-refractivity contribution in [2.24, 2.45) is 0 Å². The summed E-state index contributed by atoms with van der Waals surface area (Å²) in [5.74, 6) is 1.29. The summed E-state index contributed by atoms with van der Waals surface area (Å²) in [7, 11) is 0. The summed E-state index contributed by atoms with van der Waals surface area (Å²) in [5, 5.41) is 10.6. The van der Waals surface area contributed by atoms with Gasteiger partial charge in [-0.25, -0.2) is 0 Å². The van der Waals surface area contributed by atoms with E-state index in [2.05, 4.69) is 30.9 Å².